The Hall–Kier alpha value is -1.55. The van der Waals surface area contributed by atoms with Crippen LogP contribution < -0.4 is 0 Å². The average Bonchev–Trinajstić information content (AvgIpc) is 2.86. The predicted octanol–water partition coefficient (Wildman–Crippen LogP) is 6.20. The number of rotatable bonds is 4. The minimum atomic E-state index is -0.891. The van der Waals surface area contributed by atoms with Crippen LogP contribution in [0.2, 0.25) is 0 Å². The molecule has 3 rings (SSSR count). The smallest absolute Gasteiger partial charge is 0.176 e. The third-order valence-electron chi connectivity index (χ3n) is 3.77. The normalized spacial score (nSPS) is 11.6. The Morgan fingerprint density at radius 3 is 2.24 bits per heavy atom. The molecule has 0 bridgehead atoms. The SMILES string of the molecule is CCCCCc1ccc2c(sc3c(F)c(F)ccc32)c1F. The summed E-state index contributed by atoms with van der Waals surface area (Å²) in [5.41, 5.74) is 0.656. The zero-order valence-electron chi connectivity index (χ0n) is 11.7. The highest BCUT2D eigenvalue weighted by Gasteiger charge is 2.16. The number of thiophene rings is 1. The van der Waals surface area contributed by atoms with Gasteiger partial charge in [0.15, 0.2) is 11.6 Å². The second-order valence-corrected chi connectivity index (χ2v) is 6.23. The Bertz CT molecular complexity index is 805. The van der Waals surface area contributed by atoms with E-state index >= 15 is 0 Å². The molecule has 4 heteroatoms. The molecule has 0 amide bonds. The molecule has 1 aromatic heterocycles. The van der Waals surface area contributed by atoms with Crippen molar-refractivity contribution in [1.29, 1.82) is 0 Å². The molecule has 1 heterocycles. The van der Waals surface area contributed by atoms with Crippen molar-refractivity contribution in [1.82, 2.24) is 0 Å². The second-order valence-electron chi connectivity index (χ2n) is 5.21. The number of hydrogen-bond acceptors (Lipinski definition) is 1. The summed E-state index contributed by atoms with van der Waals surface area (Å²) in [6, 6.07) is 6.19. The summed E-state index contributed by atoms with van der Waals surface area (Å²) in [6.07, 6.45) is 3.76. The van der Waals surface area contributed by atoms with E-state index < -0.39 is 11.6 Å². The highest BCUT2D eigenvalue weighted by atomic mass is 32.1. The molecule has 0 saturated carbocycles. The lowest BCUT2D eigenvalue weighted by Crippen LogP contribution is -1.90. The van der Waals surface area contributed by atoms with Gasteiger partial charge in [0.25, 0.3) is 0 Å². The first-order valence-corrected chi connectivity index (χ1v) is 7.92. The molecule has 0 aliphatic carbocycles. The predicted molar refractivity (Wildman–Crippen MR) is 82.4 cm³/mol. The van der Waals surface area contributed by atoms with Crippen molar-refractivity contribution < 1.29 is 13.2 Å². The molecule has 0 fully saturated rings. The quantitative estimate of drug-likeness (QED) is 0.503. The van der Waals surface area contributed by atoms with Gasteiger partial charge in [0.2, 0.25) is 0 Å². The Morgan fingerprint density at radius 2 is 1.52 bits per heavy atom. The standard InChI is InChI=1S/C17H15F3S/c1-2-3-4-5-10-6-7-11-12-8-9-13(18)15(20)17(12)21-16(11)14(10)19/h6-9H,2-5H2,1H3. The van der Waals surface area contributed by atoms with Crippen molar-refractivity contribution >= 4 is 31.5 Å². The van der Waals surface area contributed by atoms with E-state index in [1.165, 1.54) is 6.07 Å². The summed E-state index contributed by atoms with van der Waals surface area (Å²) in [5.74, 6) is -2.07. The van der Waals surface area contributed by atoms with Gasteiger partial charge in [-0.25, -0.2) is 13.2 Å². The maximum Gasteiger partial charge on any atom is 0.176 e. The fraction of sp³-hybridized carbons (Fsp3) is 0.294. The molecule has 0 radical (unpaired) electrons. The van der Waals surface area contributed by atoms with Crippen molar-refractivity contribution in [3.63, 3.8) is 0 Å². The molecule has 0 spiro atoms. The van der Waals surface area contributed by atoms with E-state index in [4.69, 9.17) is 0 Å². The van der Waals surface area contributed by atoms with Crippen LogP contribution in [0.5, 0.6) is 0 Å². The van der Waals surface area contributed by atoms with E-state index in [9.17, 15) is 13.2 Å². The zero-order chi connectivity index (χ0) is 15.0. The van der Waals surface area contributed by atoms with E-state index in [0.717, 1.165) is 36.7 Å². The first kappa shape index (κ1) is 14.4. The highest BCUT2D eigenvalue weighted by Crippen LogP contribution is 2.38. The number of aryl methyl sites for hydroxylation is 1. The Balaban J connectivity index is 2.15. The third-order valence-corrected chi connectivity index (χ3v) is 4.98. The molecule has 0 N–H and O–H groups in total. The summed E-state index contributed by atoms with van der Waals surface area (Å²) in [4.78, 5) is 0. The van der Waals surface area contributed by atoms with Crippen LogP contribution in [0.4, 0.5) is 13.2 Å². The average molecular weight is 308 g/mol. The number of fused-ring (bicyclic) bond motifs is 3. The molecule has 0 saturated heterocycles. The first-order valence-electron chi connectivity index (χ1n) is 7.11. The van der Waals surface area contributed by atoms with Crippen LogP contribution in [-0.4, -0.2) is 0 Å². The topological polar surface area (TPSA) is 0 Å². The van der Waals surface area contributed by atoms with Gasteiger partial charge in [0, 0.05) is 10.8 Å². The maximum atomic E-state index is 14.6. The summed E-state index contributed by atoms with van der Waals surface area (Å²) in [6.45, 7) is 2.10. The summed E-state index contributed by atoms with van der Waals surface area (Å²) in [5, 5.41) is 1.23. The first-order chi connectivity index (χ1) is 10.1. The summed E-state index contributed by atoms with van der Waals surface area (Å²) < 4.78 is 42.3. The number of benzene rings is 2. The number of hydrogen-bond donors (Lipinski definition) is 0. The largest absolute Gasteiger partial charge is 0.205 e. The third kappa shape index (κ3) is 2.42. The molecule has 0 nitrogen and oxygen atoms in total. The van der Waals surface area contributed by atoms with E-state index in [0.29, 0.717) is 27.5 Å². The van der Waals surface area contributed by atoms with Gasteiger partial charge in [0.1, 0.15) is 5.82 Å². The molecule has 3 aromatic rings. The van der Waals surface area contributed by atoms with Crippen LogP contribution in [0.3, 0.4) is 0 Å². The van der Waals surface area contributed by atoms with Crippen molar-refractivity contribution in [2.24, 2.45) is 0 Å². The molecular weight excluding hydrogens is 293 g/mol. The lowest BCUT2D eigenvalue weighted by atomic mass is 10.0. The number of halogens is 3. The van der Waals surface area contributed by atoms with Crippen LogP contribution in [0.1, 0.15) is 31.7 Å². The van der Waals surface area contributed by atoms with E-state index in [-0.39, 0.29) is 10.5 Å². The molecule has 0 atom stereocenters. The van der Waals surface area contributed by atoms with Crippen molar-refractivity contribution in [3.05, 3.63) is 47.3 Å². The molecule has 2 aromatic carbocycles. The fourth-order valence-corrected chi connectivity index (χ4v) is 3.80. The second kappa shape index (κ2) is 5.68. The number of unbranched alkanes of at least 4 members (excludes halogenated alkanes) is 2. The highest BCUT2D eigenvalue weighted by molar-refractivity contribution is 7.25. The Morgan fingerprint density at radius 1 is 0.857 bits per heavy atom. The summed E-state index contributed by atoms with van der Waals surface area (Å²) in [7, 11) is 0. The monoisotopic (exact) mass is 308 g/mol. The van der Waals surface area contributed by atoms with E-state index in [1.807, 2.05) is 6.07 Å². The van der Waals surface area contributed by atoms with Crippen molar-refractivity contribution in [3.8, 4) is 0 Å². The van der Waals surface area contributed by atoms with Crippen molar-refractivity contribution in [2.75, 3.05) is 0 Å². The van der Waals surface area contributed by atoms with Gasteiger partial charge in [0.05, 0.1) is 9.40 Å². The van der Waals surface area contributed by atoms with Crippen LogP contribution in [0.15, 0.2) is 24.3 Å². The molecule has 110 valence electrons. The summed E-state index contributed by atoms with van der Waals surface area (Å²) >= 11 is 0.992. The van der Waals surface area contributed by atoms with Gasteiger partial charge >= 0.3 is 0 Å². The van der Waals surface area contributed by atoms with Gasteiger partial charge in [-0.1, -0.05) is 31.9 Å². The van der Waals surface area contributed by atoms with Crippen LogP contribution >= 0.6 is 11.3 Å². The van der Waals surface area contributed by atoms with Gasteiger partial charge in [-0.3, -0.25) is 0 Å². The van der Waals surface area contributed by atoms with Crippen molar-refractivity contribution in [2.45, 2.75) is 32.6 Å². The maximum absolute atomic E-state index is 14.6. The fourth-order valence-electron chi connectivity index (χ4n) is 2.61. The Labute approximate surface area is 125 Å². The van der Waals surface area contributed by atoms with Crippen LogP contribution in [-0.2, 0) is 6.42 Å². The minimum absolute atomic E-state index is 0.189. The van der Waals surface area contributed by atoms with E-state index in [2.05, 4.69) is 6.92 Å². The van der Waals surface area contributed by atoms with Gasteiger partial charge in [-0.05, 0) is 30.5 Å². The van der Waals surface area contributed by atoms with Crippen LogP contribution in [0, 0.1) is 17.5 Å². The zero-order valence-corrected chi connectivity index (χ0v) is 12.5. The molecular formula is C17H15F3S. The van der Waals surface area contributed by atoms with E-state index in [1.54, 1.807) is 6.07 Å². The van der Waals surface area contributed by atoms with Crippen LogP contribution in [0.25, 0.3) is 20.2 Å². The minimum Gasteiger partial charge on any atom is -0.205 e. The lowest BCUT2D eigenvalue weighted by Gasteiger charge is -2.03. The molecule has 21 heavy (non-hydrogen) atoms. The lowest BCUT2D eigenvalue weighted by molar-refractivity contribution is 0.518. The van der Waals surface area contributed by atoms with Gasteiger partial charge in [-0.15, -0.1) is 11.3 Å². The molecule has 0 aliphatic heterocycles. The Kier molecular flexibility index (Phi) is 3.89. The van der Waals surface area contributed by atoms with Gasteiger partial charge in [-0.2, -0.15) is 0 Å². The van der Waals surface area contributed by atoms with Gasteiger partial charge < -0.3 is 0 Å². The molecule has 0 aliphatic rings. The molecule has 0 unspecified atom stereocenters.